The Bertz CT molecular complexity index is 998. The van der Waals surface area contributed by atoms with Crippen LogP contribution >= 0.6 is 0 Å². The van der Waals surface area contributed by atoms with Gasteiger partial charge in [0.25, 0.3) is 0 Å². The summed E-state index contributed by atoms with van der Waals surface area (Å²) in [4.78, 5) is 0. The first kappa shape index (κ1) is 16.4. The average molecular weight is 344 g/mol. The zero-order chi connectivity index (χ0) is 18.1. The maximum Gasteiger partial charge on any atom is 0.125 e. The van der Waals surface area contributed by atoms with Crippen molar-refractivity contribution in [2.24, 2.45) is 0 Å². The Labute approximate surface area is 152 Å². The van der Waals surface area contributed by atoms with Crippen molar-refractivity contribution in [2.45, 2.75) is 6.10 Å². The van der Waals surface area contributed by atoms with E-state index in [1.54, 1.807) is 14.2 Å². The van der Waals surface area contributed by atoms with Crippen molar-refractivity contribution in [2.75, 3.05) is 14.2 Å². The predicted molar refractivity (Wildman–Crippen MR) is 105 cm³/mol. The Balaban J connectivity index is 2.04. The lowest BCUT2D eigenvalue weighted by molar-refractivity contribution is 0.213. The van der Waals surface area contributed by atoms with Gasteiger partial charge in [0.05, 0.1) is 14.2 Å². The van der Waals surface area contributed by atoms with Crippen LogP contribution in [0.25, 0.3) is 21.5 Å². The van der Waals surface area contributed by atoms with E-state index >= 15 is 0 Å². The van der Waals surface area contributed by atoms with Crippen molar-refractivity contribution in [3.63, 3.8) is 0 Å². The van der Waals surface area contributed by atoms with Crippen molar-refractivity contribution in [1.29, 1.82) is 0 Å². The molecule has 0 radical (unpaired) electrons. The molecule has 130 valence electrons. The Kier molecular flexibility index (Phi) is 4.23. The van der Waals surface area contributed by atoms with Crippen molar-refractivity contribution in [1.82, 2.24) is 0 Å². The minimum absolute atomic E-state index is 0.659. The van der Waals surface area contributed by atoms with E-state index in [4.69, 9.17) is 9.47 Å². The second kappa shape index (κ2) is 6.70. The molecule has 26 heavy (non-hydrogen) atoms. The molecule has 0 amide bonds. The minimum Gasteiger partial charge on any atom is -0.496 e. The maximum absolute atomic E-state index is 11.5. The number of rotatable bonds is 4. The molecular formula is C23H20O3. The molecule has 0 aliphatic rings. The second-order valence-corrected chi connectivity index (χ2v) is 6.21. The highest BCUT2D eigenvalue weighted by molar-refractivity contribution is 5.92. The number of aliphatic hydroxyl groups is 1. The topological polar surface area (TPSA) is 38.7 Å². The summed E-state index contributed by atoms with van der Waals surface area (Å²) in [6, 6.07) is 23.8. The third-order valence-electron chi connectivity index (χ3n) is 4.85. The molecule has 3 heteroatoms. The number of hydrogen-bond donors (Lipinski definition) is 1. The summed E-state index contributed by atoms with van der Waals surface area (Å²) in [7, 11) is 3.25. The molecule has 1 N–H and O–H groups in total. The minimum atomic E-state index is -0.878. The summed E-state index contributed by atoms with van der Waals surface area (Å²) in [6.07, 6.45) is -0.878. The number of benzene rings is 4. The predicted octanol–water partition coefficient (Wildman–Crippen LogP) is 5.09. The smallest absolute Gasteiger partial charge is 0.125 e. The van der Waals surface area contributed by atoms with Gasteiger partial charge in [0, 0.05) is 11.1 Å². The van der Waals surface area contributed by atoms with Gasteiger partial charge in [-0.05, 0) is 33.7 Å². The molecule has 0 saturated heterocycles. The zero-order valence-corrected chi connectivity index (χ0v) is 14.8. The van der Waals surface area contributed by atoms with Gasteiger partial charge >= 0.3 is 0 Å². The summed E-state index contributed by atoms with van der Waals surface area (Å²) in [5, 5.41) is 15.5. The lowest BCUT2D eigenvalue weighted by Crippen LogP contribution is -2.06. The van der Waals surface area contributed by atoms with Gasteiger partial charge in [-0.15, -0.1) is 0 Å². The fraction of sp³-hybridized carbons (Fsp3) is 0.130. The SMILES string of the molecule is COc1ccc2ccccc2c1C(O)c1c(OC)ccc2ccccc12. The standard InChI is InChI=1S/C23H20O3/c1-25-19-13-11-15-7-3-5-9-17(15)21(19)23(24)22-18-10-6-4-8-16(18)12-14-20(22)26-2/h3-14,23-24H,1-2H3. The summed E-state index contributed by atoms with van der Waals surface area (Å²) in [6.45, 7) is 0. The molecule has 0 fully saturated rings. The Morgan fingerprint density at radius 1 is 0.615 bits per heavy atom. The van der Waals surface area contributed by atoms with Gasteiger partial charge in [-0.25, -0.2) is 0 Å². The lowest BCUT2D eigenvalue weighted by Gasteiger charge is -2.21. The highest BCUT2D eigenvalue weighted by Crippen LogP contribution is 2.42. The Morgan fingerprint density at radius 3 is 1.46 bits per heavy atom. The van der Waals surface area contributed by atoms with Crippen LogP contribution in [0, 0.1) is 0 Å². The largest absolute Gasteiger partial charge is 0.496 e. The van der Waals surface area contributed by atoms with Crippen LogP contribution in [-0.2, 0) is 0 Å². The van der Waals surface area contributed by atoms with Gasteiger partial charge in [-0.1, -0.05) is 60.7 Å². The molecule has 0 saturated carbocycles. The Hall–Kier alpha value is -3.04. The van der Waals surface area contributed by atoms with Gasteiger partial charge in [0.2, 0.25) is 0 Å². The molecule has 0 atom stereocenters. The molecule has 4 aromatic carbocycles. The van der Waals surface area contributed by atoms with Crippen LogP contribution in [0.3, 0.4) is 0 Å². The molecule has 0 aromatic heterocycles. The fourth-order valence-electron chi connectivity index (χ4n) is 3.62. The summed E-state index contributed by atoms with van der Waals surface area (Å²) < 4.78 is 11.2. The fourth-order valence-corrected chi connectivity index (χ4v) is 3.62. The van der Waals surface area contributed by atoms with Crippen LogP contribution in [0.15, 0.2) is 72.8 Å². The van der Waals surface area contributed by atoms with Gasteiger partial charge in [0.15, 0.2) is 0 Å². The quantitative estimate of drug-likeness (QED) is 0.560. The van der Waals surface area contributed by atoms with E-state index in [0.29, 0.717) is 11.5 Å². The maximum atomic E-state index is 11.5. The second-order valence-electron chi connectivity index (χ2n) is 6.21. The van der Waals surface area contributed by atoms with E-state index in [-0.39, 0.29) is 0 Å². The summed E-state index contributed by atoms with van der Waals surface area (Å²) in [5.41, 5.74) is 1.50. The van der Waals surface area contributed by atoms with E-state index in [9.17, 15) is 5.11 Å². The van der Waals surface area contributed by atoms with Crippen molar-refractivity contribution in [3.8, 4) is 11.5 Å². The van der Waals surface area contributed by atoms with Crippen molar-refractivity contribution >= 4 is 21.5 Å². The van der Waals surface area contributed by atoms with E-state index < -0.39 is 6.10 Å². The van der Waals surface area contributed by atoms with Gasteiger partial charge in [0.1, 0.15) is 17.6 Å². The normalized spacial score (nSPS) is 11.2. The summed E-state index contributed by atoms with van der Waals surface area (Å²) in [5.74, 6) is 1.32. The molecule has 0 unspecified atom stereocenters. The number of methoxy groups -OCH3 is 2. The molecule has 3 nitrogen and oxygen atoms in total. The molecule has 0 aliphatic carbocycles. The molecule has 0 aliphatic heterocycles. The van der Waals surface area contributed by atoms with Gasteiger partial charge in [-0.2, -0.15) is 0 Å². The van der Waals surface area contributed by atoms with Crippen LogP contribution in [0.1, 0.15) is 17.2 Å². The lowest BCUT2D eigenvalue weighted by atomic mass is 9.91. The number of fused-ring (bicyclic) bond motifs is 2. The third kappa shape index (κ3) is 2.57. The third-order valence-corrected chi connectivity index (χ3v) is 4.85. The molecule has 4 rings (SSSR count). The monoisotopic (exact) mass is 344 g/mol. The van der Waals surface area contributed by atoms with Crippen LogP contribution in [0.2, 0.25) is 0 Å². The molecule has 0 spiro atoms. The van der Waals surface area contributed by atoms with E-state index in [1.165, 1.54) is 0 Å². The average Bonchev–Trinajstić information content (AvgIpc) is 2.71. The van der Waals surface area contributed by atoms with E-state index in [0.717, 1.165) is 32.7 Å². The van der Waals surface area contributed by atoms with Crippen LogP contribution in [0.5, 0.6) is 11.5 Å². The molecular weight excluding hydrogens is 324 g/mol. The van der Waals surface area contributed by atoms with Gasteiger partial charge in [-0.3, -0.25) is 0 Å². The number of aliphatic hydroxyl groups excluding tert-OH is 1. The first-order chi connectivity index (χ1) is 12.7. The first-order valence-electron chi connectivity index (χ1n) is 8.54. The highest BCUT2D eigenvalue weighted by Gasteiger charge is 2.24. The van der Waals surface area contributed by atoms with Crippen LogP contribution < -0.4 is 9.47 Å². The highest BCUT2D eigenvalue weighted by atomic mass is 16.5. The van der Waals surface area contributed by atoms with Crippen LogP contribution in [0.4, 0.5) is 0 Å². The Morgan fingerprint density at radius 2 is 1.04 bits per heavy atom. The zero-order valence-electron chi connectivity index (χ0n) is 14.8. The molecule has 0 heterocycles. The van der Waals surface area contributed by atoms with Crippen LogP contribution in [-0.4, -0.2) is 19.3 Å². The van der Waals surface area contributed by atoms with Gasteiger partial charge < -0.3 is 14.6 Å². The molecule has 4 aromatic rings. The van der Waals surface area contributed by atoms with Crippen molar-refractivity contribution in [3.05, 3.63) is 83.9 Å². The number of ether oxygens (including phenoxy) is 2. The van der Waals surface area contributed by atoms with Crippen molar-refractivity contribution < 1.29 is 14.6 Å². The number of hydrogen-bond acceptors (Lipinski definition) is 3. The molecule has 0 bridgehead atoms. The summed E-state index contributed by atoms with van der Waals surface area (Å²) >= 11 is 0. The van der Waals surface area contributed by atoms with E-state index in [2.05, 4.69) is 0 Å². The van der Waals surface area contributed by atoms with E-state index in [1.807, 2.05) is 72.8 Å². The first-order valence-corrected chi connectivity index (χ1v) is 8.54.